The molecule has 1 unspecified atom stereocenters. The summed E-state index contributed by atoms with van der Waals surface area (Å²) in [5, 5.41) is 9.29. The molecule has 18 heavy (non-hydrogen) atoms. The Balaban J connectivity index is 2.19. The van der Waals surface area contributed by atoms with Crippen molar-refractivity contribution < 1.29 is 14.7 Å². The van der Waals surface area contributed by atoms with E-state index < -0.39 is 12.0 Å². The Labute approximate surface area is 106 Å². The third-order valence-electron chi connectivity index (χ3n) is 3.30. The van der Waals surface area contributed by atoms with Crippen LogP contribution in [-0.4, -0.2) is 40.9 Å². The molecule has 0 radical (unpaired) electrons. The zero-order valence-electron chi connectivity index (χ0n) is 10.2. The van der Waals surface area contributed by atoms with Gasteiger partial charge in [-0.05, 0) is 25.9 Å². The summed E-state index contributed by atoms with van der Waals surface area (Å²) in [6, 6.07) is 7.62. The molecule has 1 N–H and O–H groups in total. The van der Waals surface area contributed by atoms with Crippen molar-refractivity contribution >= 4 is 11.8 Å². The third kappa shape index (κ3) is 2.76. The van der Waals surface area contributed by atoms with Crippen molar-refractivity contribution in [1.82, 2.24) is 4.90 Å². The Morgan fingerprint density at radius 2 is 1.67 bits per heavy atom. The molecule has 1 saturated heterocycles. The monoisotopic (exact) mass is 247 g/mol. The highest BCUT2D eigenvalue weighted by molar-refractivity contribution is 6.11. The predicted molar refractivity (Wildman–Crippen MR) is 67.6 cm³/mol. The van der Waals surface area contributed by atoms with Gasteiger partial charge in [0.1, 0.15) is 0 Å². The quantitative estimate of drug-likeness (QED) is 0.651. The maximum atomic E-state index is 12.3. The molecule has 1 heterocycles. The highest BCUT2D eigenvalue weighted by Crippen LogP contribution is 2.16. The van der Waals surface area contributed by atoms with E-state index in [2.05, 4.69) is 0 Å². The van der Waals surface area contributed by atoms with Crippen molar-refractivity contribution in [3.63, 3.8) is 0 Å². The van der Waals surface area contributed by atoms with Crippen LogP contribution >= 0.6 is 0 Å². The van der Waals surface area contributed by atoms with Crippen LogP contribution in [0.3, 0.4) is 0 Å². The molecule has 4 heteroatoms. The average Bonchev–Trinajstić information content (AvgIpc) is 2.40. The van der Waals surface area contributed by atoms with Crippen LogP contribution in [0.2, 0.25) is 0 Å². The van der Waals surface area contributed by atoms with Crippen molar-refractivity contribution in [2.75, 3.05) is 13.1 Å². The number of nitrogens with zero attached hydrogens (tertiary/aromatic N) is 1. The van der Waals surface area contributed by atoms with Crippen molar-refractivity contribution in [2.45, 2.75) is 25.3 Å². The second-order valence-corrected chi connectivity index (χ2v) is 4.57. The van der Waals surface area contributed by atoms with Crippen LogP contribution in [0, 0.1) is 0 Å². The molecule has 1 atom stereocenters. The third-order valence-corrected chi connectivity index (χ3v) is 3.30. The first-order chi connectivity index (χ1) is 8.70. The fourth-order valence-corrected chi connectivity index (χ4v) is 2.37. The first-order valence-corrected chi connectivity index (χ1v) is 6.26. The van der Waals surface area contributed by atoms with Crippen molar-refractivity contribution in [1.29, 1.82) is 0 Å². The number of piperidine rings is 1. The normalized spacial score (nSPS) is 18.2. The number of carboxylic acid groups (broad SMARTS) is 1. The first kappa shape index (κ1) is 12.8. The molecule has 1 aromatic carbocycles. The Hall–Kier alpha value is -1.68. The second-order valence-electron chi connectivity index (χ2n) is 4.57. The van der Waals surface area contributed by atoms with E-state index in [9.17, 15) is 14.7 Å². The van der Waals surface area contributed by atoms with Crippen LogP contribution in [0.1, 0.15) is 29.6 Å². The van der Waals surface area contributed by atoms with E-state index in [4.69, 9.17) is 0 Å². The molecular weight excluding hydrogens is 230 g/mol. The van der Waals surface area contributed by atoms with Gasteiger partial charge in [-0.2, -0.15) is 0 Å². The van der Waals surface area contributed by atoms with E-state index in [-0.39, 0.29) is 5.78 Å². The lowest BCUT2D eigenvalue weighted by atomic mass is 10.0. The topological polar surface area (TPSA) is 57.6 Å². The molecule has 0 amide bonds. The van der Waals surface area contributed by atoms with Gasteiger partial charge in [0.15, 0.2) is 11.8 Å². The lowest BCUT2D eigenvalue weighted by Crippen LogP contribution is -2.49. The Morgan fingerprint density at radius 1 is 1.06 bits per heavy atom. The van der Waals surface area contributed by atoms with Crippen LogP contribution in [0.4, 0.5) is 0 Å². The van der Waals surface area contributed by atoms with Gasteiger partial charge >= 0.3 is 5.97 Å². The lowest BCUT2D eigenvalue weighted by Gasteiger charge is -2.30. The SMILES string of the molecule is O=C(O)C(C(=O)c1ccccc1)N1CCCCC1. The van der Waals surface area contributed by atoms with Gasteiger partial charge < -0.3 is 5.11 Å². The summed E-state index contributed by atoms with van der Waals surface area (Å²) in [7, 11) is 0. The van der Waals surface area contributed by atoms with Gasteiger partial charge in [-0.15, -0.1) is 0 Å². The summed E-state index contributed by atoms with van der Waals surface area (Å²) in [6.45, 7) is 1.38. The van der Waals surface area contributed by atoms with Gasteiger partial charge in [0, 0.05) is 5.56 Å². The van der Waals surface area contributed by atoms with Gasteiger partial charge in [-0.1, -0.05) is 36.8 Å². The summed E-state index contributed by atoms with van der Waals surface area (Å²) in [5.41, 5.74) is 0.468. The number of rotatable bonds is 4. The molecule has 1 aliphatic rings. The summed E-state index contributed by atoms with van der Waals surface area (Å²) < 4.78 is 0. The standard InChI is InChI=1S/C14H17NO3/c16-13(11-7-3-1-4-8-11)12(14(17)18)15-9-5-2-6-10-15/h1,3-4,7-8,12H,2,5-6,9-10H2,(H,17,18). The summed E-state index contributed by atoms with van der Waals surface area (Å²) >= 11 is 0. The van der Waals surface area contributed by atoms with E-state index in [1.807, 2.05) is 6.07 Å². The molecule has 1 aromatic rings. The maximum Gasteiger partial charge on any atom is 0.329 e. The number of carboxylic acids is 1. The molecule has 0 saturated carbocycles. The summed E-state index contributed by atoms with van der Waals surface area (Å²) in [6.07, 6.45) is 3.04. The zero-order chi connectivity index (χ0) is 13.0. The molecule has 96 valence electrons. The summed E-state index contributed by atoms with van der Waals surface area (Å²) in [5.74, 6) is -1.37. The number of likely N-dealkylation sites (tertiary alicyclic amines) is 1. The number of aliphatic carboxylic acids is 1. The number of benzene rings is 1. The molecule has 1 aliphatic heterocycles. The summed E-state index contributed by atoms with van der Waals surface area (Å²) in [4.78, 5) is 25.4. The second kappa shape index (κ2) is 5.78. The zero-order valence-corrected chi connectivity index (χ0v) is 10.2. The number of hydrogen-bond acceptors (Lipinski definition) is 3. The van der Waals surface area contributed by atoms with Crippen molar-refractivity contribution in [3.05, 3.63) is 35.9 Å². The molecule has 0 bridgehead atoms. The molecule has 1 fully saturated rings. The molecule has 2 rings (SSSR count). The number of carbonyl (C=O) groups excluding carboxylic acids is 1. The smallest absolute Gasteiger partial charge is 0.329 e. The van der Waals surface area contributed by atoms with E-state index in [0.29, 0.717) is 18.7 Å². The minimum atomic E-state index is -1.05. The molecule has 0 spiro atoms. The van der Waals surface area contributed by atoms with E-state index in [1.54, 1.807) is 29.2 Å². The highest BCUT2D eigenvalue weighted by atomic mass is 16.4. The maximum absolute atomic E-state index is 12.3. The van der Waals surface area contributed by atoms with Gasteiger partial charge in [0.25, 0.3) is 0 Å². The van der Waals surface area contributed by atoms with Crippen molar-refractivity contribution in [3.8, 4) is 0 Å². The van der Waals surface area contributed by atoms with Crippen LogP contribution in [0.25, 0.3) is 0 Å². The number of hydrogen-bond donors (Lipinski definition) is 1. The van der Waals surface area contributed by atoms with Crippen molar-refractivity contribution in [2.24, 2.45) is 0 Å². The predicted octanol–water partition coefficient (Wildman–Crippen LogP) is 1.81. The number of ketones is 1. The Bertz CT molecular complexity index is 424. The van der Waals surface area contributed by atoms with E-state index in [1.165, 1.54) is 0 Å². The van der Waals surface area contributed by atoms with Gasteiger partial charge in [0.2, 0.25) is 0 Å². The molecule has 0 aromatic heterocycles. The molecule has 0 aliphatic carbocycles. The fraction of sp³-hybridized carbons (Fsp3) is 0.429. The average molecular weight is 247 g/mol. The molecule has 4 nitrogen and oxygen atoms in total. The lowest BCUT2D eigenvalue weighted by molar-refractivity contribution is -0.141. The molecular formula is C14H17NO3. The van der Waals surface area contributed by atoms with Crippen LogP contribution in [0.5, 0.6) is 0 Å². The van der Waals surface area contributed by atoms with E-state index in [0.717, 1.165) is 19.3 Å². The van der Waals surface area contributed by atoms with Crippen LogP contribution in [-0.2, 0) is 4.79 Å². The first-order valence-electron chi connectivity index (χ1n) is 6.26. The van der Waals surface area contributed by atoms with Crippen LogP contribution < -0.4 is 0 Å². The highest BCUT2D eigenvalue weighted by Gasteiger charge is 2.33. The minimum absolute atomic E-state index is 0.315. The minimum Gasteiger partial charge on any atom is -0.480 e. The Morgan fingerprint density at radius 3 is 2.22 bits per heavy atom. The van der Waals surface area contributed by atoms with Gasteiger partial charge in [-0.3, -0.25) is 14.5 Å². The van der Waals surface area contributed by atoms with Crippen LogP contribution in [0.15, 0.2) is 30.3 Å². The van der Waals surface area contributed by atoms with Gasteiger partial charge in [0.05, 0.1) is 0 Å². The largest absolute Gasteiger partial charge is 0.480 e. The number of Topliss-reactive ketones (excluding diaryl/α,β-unsaturated/α-hetero) is 1. The Kier molecular flexibility index (Phi) is 4.10. The fourth-order valence-electron chi connectivity index (χ4n) is 2.37. The number of carbonyl (C=O) groups is 2. The van der Waals surface area contributed by atoms with E-state index >= 15 is 0 Å². The van der Waals surface area contributed by atoms with Gasteiger partial charge in [-0.25, -0.2) is 0 Å².